The van der Waals surface area contributed by atoms with Gasteiger partial charge in [0.25, 0.3) is 0 Å². The summed E-state index contributed by atoms with van der Waals surface area (Å²) in [7, 11) is -0.735. The van der Waals surface area contributed by atoms with Gasteiger partial charge in [0.1, 0.15) is 17.2 Å². The van der Waals surface area contributed by atoms with Gasteiger partial charge in [-0.1, -0.05) is 18.2 Å². The second kappa shape index (κ2) is 9.04. The number of aliphatic carboxylic acids is 1. The summed E-state index contributed by atoms with van der Waals surface area (Å²) in [6, 6.07) is 10.2. The van der Waals surface area contributed by atoms with Crippen LogP contribution < -0.4 is 4.72 Å². The van der Waals surface area contributed by atoms with Crippen molar-refractivity contribution >= 4 is 43.8 Å². The maximum Gasteiger partial charge on any atom is 0.321 e. The maximum atomic E-state index is 12.9. The van der Waals surface area contributed by atoms with Crippen LogP contribution in [0.15, 0.2) is 51.8 Å². The third-order valence-corrected chi connectivity index (χ3v) is 6.44. The molecule has 0 saturated heterocycles. The number of rotatable bonds is 9. The molecule has 9 nitrogen and oxygen atoms in total. The summed E-state index contributed by atoms with van der Waals surface area (Å²) in [5.41, 5.74) is 1.16. The number of carbonyl (C=O) groups excluding carboxylic acids is 1. The van der Waals surface area contributed by atoms with E-state index in [1.54, 1.807) is 38.2 Å². The van der Waals surface area contributed by atoms with E-state index < -0.39 is 22.0 Å². The van der Waals surface area contributed by atoms with Crippen LogP contribution in [0.4, 0.5) is 0 Å². The third kappa shape index (κ3) is 4.87. The van der Waals surface area contributed by atoms with E-state index in [1.165, 1.54) is 17.1 Å². The maximum absolute atomic E-state index is 12.9. The van der Waals surface area contributed by atoms with Gasteiger partial charge in [-0.15, -0.1) is 0 Å². The molecule has 2 aromatic carbocycles. The van der Waals surface area contributed by atoms with Gasteiger partial charge in [0.05, 0.1) is 4.90 Å². The number of carboxylic acids is 1. The largest absolute Gasteiger partial charge is 0.480 e. The van der Waals surface area contributed by atoms with E-state index in [0.29, 0.717) is 23.1 Å². The van der Waals surface area contributed by atoms with Crippen molar-refractivity contribution in [2.45, 2.75) is 30.7 Å². The fourth-order valence-corrected chi connectivity index (χ4v) is 4.69. The first kappa shape index (κ1) is 22.7. The highest BCUT2D eigenvalue weighted by Gasteiger charge is 2.27. The SMILES string of the molecule is CCN(C(=O)CCC(NS(=O)(=O)c1ccc2oc3ccccc3c2c1)C(=O)O)N(C)C. The molecule has 0 spiro atoms. The Morgan fingerprint density at radius 2 is 1.77 bits per heavy atom. The Bertz CT molecular complexity index is 1220. The average molecular weight is 448 g/mol. The molecule has 1 atom stereocenters. The van der Waals surface area contributed by atoms with E-state index in [9.17, 15) is 23.1 Å². The highest BCUT2D eigenvalue weighted by atomic mass is 32.2. The number of nitrogens with one attached hydrogen (secondary N) is 1. The van der Waals surface area contributed by atoms with Crippen molar-refractivity contribution in [3.05, 3.63) is 42.5 Å². The second-order valence-corrected chi connectivity index (χ2v) is 8.98. The number of nitrogens with zero attached hydrogens (tertiary/aromatic N) is 2. The number of hydrogen-bond acceptors (Lipinski definition) is 6. The van der Waals surface area contributed by atoms with Crippen molar-refractivity contribution in [1.29, 1.82) is 0 Å². The zero-order valence-electron chi connectivity index (χ0n) is 17.5. The van der Waals surface area contributed by atoms with Gasteiger partial charge >= 0.3 is 5.97 Å². The van der Waals surface area contributed by atoms with E-state index in [1.807, 2.05) is 18.2 Å². The van der Waals surface area contributed by atoms with Gasteiger partial charge in [0, 0.05) is 37.8 Å². The lowest BCUT2D eigenvalue weighted by Crippen LogP contribution is -2.44. The van der Waals surface area contributed by atoms with Crippen molar-refractivity contribution in [2.24, 2.45) is 0 Å². The molecular formula is C21H25N3O6S. The van der Waals surface area contributed by atoms with Gasteiger partial charge in [0.15, 0.2) is 0 Å². The average Bonchev–Trinajstić information content (AvgIpc) is 3.09. The van der Waals surface area contributed by atoms with Crippen LogP contribution in [0.25, 0.3) is 21.9 Å². The highest BCUT2D eigenvalue weighted by molar-refractivity contribution is 7.89. The van der Waals surface area contributed by atoms with E-state index >= 15 is 0 Å². The van der Waals surface area contributed by atoms with E-state index in [4.69, 9.17) is 4.42 Å². The molecule has 1 amide bonds. The van der Waals surface area contributed by atoms with E-state index in [0.717, 1.165) is 5.39 Å². The lowest BCUT2D eigenvalue weighted by Gasteiger charge is -2.28. The van der Waals surface area contributed by atoms with E-state index in [-0.39, 0.29) is 23.6 Å². The van der Waals surface area contributed by atoms with Gasteiger partial charge in [-0.3, -0.25) is 14.6 Å². The quantitative estimate of drug-likeness (QED) is 0.483. The summed E-state index contributed by atoms with van der Waals surface area (Å²) >= 11 is 0. The van der Waals surface area contributed by atoms with Crippen molar-refractivity contribution in [3.8, 4) is 0 Å². The number of furan rings is 1. The van der Waals surface area contributed by atoms with Gasteiger partial charge in [0.2, 0.25) is 15.9 Å². The summed E-state index contributed by atoms with van der Waals surface area (Å²) in [6.07, 6.45) is -0.286. The molecule has 2 N–H and O–H groups in total. The number of para-hydroxylation sites is 1. The Morgan fingerprint density at radius 3 is 2.42 bits per heavy atom. The number of hydrazine groups is 1. The zero-order chi connectivity index (χ0) is 22.8. The first-order chi connectivity index (χ1) is 14.6. The van der Waals surface area contributed by atoms with Gasteiger partial charge in [-0.2, -0.15) is 4.72 Å². The molecule has 1 aromatic heterocycles. The molecule has 10 heteroatoms. The number of hydrogen-bond donors (Lipinski definition) is 2. The van der Waals surface area contributed by atoms with Crippen LogP contribution in [-0.2, 0) is 19.6 Å². The molecule has 31 heavy (non-hydrogen) atoms. The summed E-state index contributed by atoms with van der Waals surface area (Å²) in [6.45, 7) is 2.22. The predicted octanol–water partition coefficient (Wildman–Crippen LogP) is 2.42. The molecule has 1 unspecified atom stereocenters. The molecule has 1 heterocycles. The molecule has 0 bridgehead atoms. The number of carboxylic acid groups (broad SMARTS) is 1. The Labute approximate surface area is 180 Å². The normalized spacial score (nSPS) is 13.0. The summed E-state index contributed by atoms with van der Waals surface area (Å²) in [5.74, 6) is -1.64. The van der Waals surface area contributed by atoms with Crippen molar-refractivity contribution in [2.75, 3.05) is 20.6 Å². The minimum atomic E-state index is -4.14. The van der Waals surface area contributed by atoms with Crippen LogP contribution in [0.3, 0.4) is 0 Å². The van der Waals surface area contributed by atoms with Crippen molar-refractivity contribution in [1.82, 2.24) is 14.7 Å². The zero-order valence-corrected chi connectivity index (χ0v) is 18.3. The van der Waals surface area contributed by atoms with Crippen LogP contribution in [0.2, 0.25) is 0 Å². The Balaban J connectivity index is 1.82. The molecule has 166 valence electrons. The molecule has 0 aliphatic heterocycles. The van der Waals surface area contributed by atoms with Crippen LogP contribution in [0.1, 0.15) is 19.8 Å². The monoisotopic (exact) mass is 447 g/mol. The Kier molecular flexibility index (Phi) is 6.63. The number of sulfonamides is 1. The van der Waals surface area contributed by atoms with Gasteiger partial charge in [-0.05, 0) is 37.6 Å². The molecule has 0 aliphatic rings. The molecule has 3 aromatic rings. The third-order valence-electron chi connectivity index (χ3n) is 4.97. The number of fused-ring (bicyclic) bond motifs is 3. The molecule has 0 radical (unpaired) electrons. The predicted molar refractivity (Wildman–Crippen MR) is 116 cm³/mol. The molecule has 0 saturated carbocycles. The second-order valence-electron chi connectivity index (χ2n) is 7.26. The van der Waals surface area contributed by atoms with Gasteiger partial charge in [-0.25, -0.2) is 13.4 Å². The lowest BCUT2D eigenvalue weighted by atomic mass is 10.1. The number of carbonyl (C=O) groups is 2. The number of benzene rings is 2. The Morgan fingerprint density at radius 1 is 1.10 bits per heavy atom. The van der Waals surface area contributed by atoms with Crippen LogP contribution in [0, 0.1) is 0 Å². The van der Waals surface area contributed by atoms with Crippen LogP contribution in [0.5, 0.6) is 0 Å². The fourth-order valence-electron chi connectivity index (χ4n) is 3.44. The van der Waals surface area contributed by atoms with Crippen LogP contribution >= 0.6 is 0 Å². The molecule has 3 rings (SSSR count). The minimum Gasteiger partial charge on any atom is -0.480 e. The highest BCUT2D eigenvalue weighted by Crippen LogP contribution is 2.30. The summed E-state index contributed by atoms with van der Waals surface area (Å²) in [4.78, 5) is 23.9. The smallest absolute Gasteiger partial charge is 0.321 e. The van der Waals surface area contributed by atoms with Crippen molar-refractivity contribution < 1.29 is 27.5 Å². The summed E-state index contributed by atoms with van der Waals surface area (Å²) < 4.78 is 33.7. The lowest BCUT2D eigenvalue weighted by molar-refractivity contribution is -0.145. The molecular weight excluding hydrogens is 422 g/mol. The topological polar surface area (TPSA) is 120 Å². The van der Waals surface area contributed by atoms with E-state index in [2.05, 4.69) is 4.72 Å². The summed E-state index contributed by atoms with van der Waals surface area (Å²) in [5, 5.41) is 13.9. The fraction of sp³-hybridized carbons (Fsp3) is 0.333. The Hall–Kier alpha value is -2.95. The molecule has 0 fully saturated rings. The number of amides is 1. The minimum absolute atomic E-state index is 0.0763. The molecule has 0 aliphatic carbocycles. The first-order valence-electron chi connectivity index (χ1n) is 9.78. The first-order valence-corrected chi connectivity index (χ1v) is 11.3. The van der Waals surface area contributed by atoms with Crippen LogP contribution in [-0.4, -0.2) is 62.1 Å². The standard InChI is InChI=1S/C21H25N3O6S/c1-4-24(23(2)3)20(25)12-10-17(21(26)27)22-31(28,29)14-9-11-19-16(13-14)15-7-5-6-8-18(15)30-19/h5-9,11,13,17,22H,4,10,12H2,1-3H3,(H,26,27). The van der Waals surface area contributed by atoms with Crippen molar-refractivity contribution in [3.63, 3.8) is 0 Å². The van der Waals surface area contributed by atoms with Gasteiger partial charge < -0.3 is 9.52 Å².